The lowest BCUT2D eigenvalue weighted by atomic mass is 9.98. The standard InChI is InChI=1S/C18H24N2O/c1-5-19-18(3,4)17(21)20-13(2)15-12-8-10-14-9-6-7-11-16(14)15/h6-13,19H,5H2,1-4H3,(H,20,21). The Balaban J connectivity index is 2.23. The van der Waals surface area contributed by atoms with Gasteiger partial charge in [-0.1, -0.05) is 49.4 Å². The number of hydrogen-bond acceptors (Lipinski definition) is 2. The summed E-state index contributed by atoms with van der Waals surface area (Å²) in [5, 5.41) is 8.70. The predicted molar refractivity (Wildman–Crippen MR) is 88.3 cm³/mol. The van der Waals surface area contributed by atoms with E-state index >= 15 is 0 Å². The molecule has 0 fully saturated rings. The lowest BCUT2D eigenvalue weighted by molar-refractivity contribution is -0.127. The van der Waals surface area contributed by atoms with Crippen molar-refractivity contribution in [2.75, 3.05) is 6.54 Å². The van der Waals surface area contributed by atoms with Gasteiger partial charge < -0.3 is 10.6 Å². The van der Waals surface area contributed by atoms with Crippen molar-refractivity contribution in [1.82, 2.24) is 10.6 Å². The highest BCUT2D eigenvalue weighted by atomic mass is 16.2. The zero-order valence-corrected chi connectivity index (χ0v) is 13.2. The Morgan fingerprint density at radius 1 is 1.14 bits per heavy atom. The van der Waals surface area contributed by atoms with Crippen molar-refractivity contribution in [2.24, 2.45) is 0 Å². The first-order chi connectivity index (χ1) is 9.95. The van der Waals surface area contributed by atoms with Crippen LogP contribution in [0.25, 0.3) is 10.8 Å². The topological polar surface area (TPSA) is 41.1 Å². The summed E-state index contributed by atoms with van der Waals surface area (Å²) in [7, 11) is 0. The number of carbonyl (C=O) groups excluding carboxylic acids is 1. The predicted octanol–water partition coefficient (Wildman–Crippen LogP) is 3.41. The minimum Gasteiger partial charge on any atom is -0.348 e. The molecular formula is C18H24N2O. The summed E-state index contributed by atoms with van der Waals surface area (Å²) in [6.45, 7) is 8.61. The summed E-state index contributed by atoms with van der Waals surface area (Å²) >= 11 is 0. The number of rotatable bonds is 5. The van der Waals surface area contributed by atoms with Gasteiger partial charge >= 0.3 is 0 Å². The van der Waals surface area contributed by atoms with E-state index in [2.05, 4.69) is 34.9 Å². The van der Waals surface area contributed by atoms with Crippen LogP contribution >= 0.6 is 0 Å². The molecule has 0 aromatic heterocycles. The molecule has 2 aromatic rings. The van der Waals surface area contributed by atoms with Gasteiger partial charge in [0.1, 0.15) is 0 Å². The second kappa shape index (κ2) is 6.27. The largest absolute Gasteiger partial charge is 0.348 e. The van der Waals surface area contributed by atoms with Gasteiger partial charge in [-0.2, -0.15) is 0 Å². The first-order valence-corrected chi connectivity index (χ1v) is 7.49. The van der Waals surface area contributed by atoms with Crippen molar-refractivity contribution >= 4 is 16.7 Å². The molecule has 21 heavy (non-hydrogen) atoms. The van der Waals surface area contributed by atoms with Gasteiger partial charge in [-0.3, -0.25) is 4.79 Å². The van der Waals surface area contributed by atoms with Crippen LogP contribution in [0, 0.1) is 0 Å². The van der Waals surface area contributed by atoms with Crippen LogP contribution in [0.5, 0.6) is 0 Å². The zero-order chi connectivity index (χ0) is 15.5. The number of fused-ring (bicyclic) bond motifs is 1. The molecule has 0 saturated heterocycles. The minimum absolute atomic E-state index is 0.0183. The fraction of sp³-hybridized carbons (Fsp3) is 0.389. The summed E-state index contributed by atoms with van der Waals surface area (Å²) in [5.41, 5.74) is 0.585. The van der Waals surface area contributed by atoms with Crippen molar-refractivity contribution in [3.05, 3.63) is 48.0 Å². The normalized spacial score (nSPS) is 13.1. The lowest BCUT2D eigenvalue weighted by Crippen LogP contribution is -2.52. The maximum atomic E-state index is 12.4. The molecule has 0 spiro atoms. The smallest absolute Gasteiger partial charge is 0.240 e. The van der Waals surface area contributed by atoms with Crippen LogP contribution < -0.4 is 10.6 Å². The number of benzene rings is 2. The summed E-state index contributed by atoms with van der Waals surface area (Å²) in [4.78, 5) is 12.4. The van der Waals surface area contributed by atoms with Gasteiger partial charge in [0.25, 0.3) is 0 Å². The molecule has 3 heteroatoms. The van der Waals surface area contributed by atoms with Crippen molar-refractivity contribution in [3.8, 4) is 0 Å². The van der Waals surface area contributed by atoms with Crippen LogP contribution in [0.3, 0.4) is 0 Å². The molecule has 0 aliphatic rings. The molecule has 0 bridgehead atoms. The average Bonchev–Trinajstić information content (AvgIpc) is 2.46. The number of nitrogens with one attached hydrogen (secondary N) is 2. The van der Waals surface area contributed by atoms with Crippen LogP contribution in [-0.4, -0.2) is 18.0 Å². The molecule has 0 heterocycles. The Labute approximate surface area is 126 Å². The van der Waals surface area contributed by atoms with Crippen LogP contribution in [0.4, 0.5) is 0 Å². The van der Waals surface area contributed by atoms with Crippen LogP contribution in [0.1, 0.15) is 39.3 Å². The molecule has 112 valence electrons. The summed E-state index contributed by atoms with van der Waals surface area (Å²) < 4.78 is 0. The second-order valence-corrected chi connectivity index (χ2v) is 5.92. The fourth-order valence-electron chi connectivity index (χ4n) is 2.61. The molecule has 1 atom stereocenters. The van der Waals surface area contributed by atoms with Gasteiger partial charge in [0.15, 0.2) is 0 Å². The van der Waals surface area contributed by atoms with Crippen LogP contribution in [0.2, 0.25) is 0 Å². The van der Waals surface area contributed by atoms with Crippen LogP contribution in [-0.2, 0) is 4.79 Å². The molecule has 2 aromatic carbocycles. The van der Waals surface area contributed by atoms with Crippen molar-refractivity contribution in [1.29, 1.82) is 0 Å². The van der Waals surface area contributed by atoms with Gasteiger partial charge in [0, 0.05) is 0 Å². The molecule has 2 N–H and O–H groups in total. The average molecular weight is 284 g/mol. The van der Waals surface area contributed by atoms with E-state index in [9.17, 15) is 4.79 Å². The highest BCUT2D eigenvalue weighted by molar-refractivity contribution is 5.88. The number of hydrogen-bond donors (Lipinski definition) is 2. The van der Waals surface area contributed by atoms with E-state index in [0.29, 0.717) is 0 Å². The van der Waals surface area contributed by atoms with E-state index in [4.69, 9.17) is 0 Å². The van der Waals surface area contributed by atoms with E-state index in [1.807, 2.05) is 45.9 Å². The summed E-state index contributed by atoms with van der Waals surface area (Å²) in [6.07, 6.45) is 0. The van der Waals surface area contributed by atoms with Gasteiger partial charge in [0.2, 0.25) is 5.91 Å². The Kier molecular flexibility index (Phi) is 4.63. The molecule has 2 rings (SSSR count). The first kappa shape index (κ1) is 15.5. The van der Waals surface area contributed by atoms with E-state index in [1.165, 1.54) is 10.8 Å². The molecule has 1 amide bonds. The minimum atomic E-state index is -0.562. The number of carbonyl (C=O) groups is 1. The van der Waals surface area contributed by atoms with E-state index < -0.39 is 5.54 Å². The lowest BCUT2D eigenvalue weighted by Gasteiger charge is -2.27. The SMILES string of the molecule is CCNC(C)(C)C(=O)NC(C)c1cccc2ccccc12. The molecule has 0 radical (unpaired) electrons. The third kappa shape index (κ3) is 3.42. The van der Waals surface area contributed by atoms with E-state index in [-0.39, 0.29) is 11.9 Å². The quantitative estimate of drug-likeness (QED) is 0.883. The monoisotopic (exact) mass is 284 g/mol. The maximum absolute atomic E-state index is 12.4. The van der Waals surface area contributed by atoms with Gasteiger partial charge in [-0.25, -0.2) is 0 Å². The molecule has 3 nitrogen and oxygen atoms in total. The van der Waals surface area contributed by atoms with Crippen molar-refractivity contribution < 1.29 is 4.79 Å². The third-order valence-electron chi connectivity index (χ3n) is 3.82. The third-order valence-corrected chi connectivity index (χ3v) is 3.82. The highest BCUT2D eigenvalue weighted by Crippen LogP contribution is 2.24. The number of likely N-dealkylation sites (N-methyl/N-ethyl adjacent to an activating group) is 1. The maximum Gasteiger partial charge on any atom is 0.240 e. The van der Waals surface area contributed by atoms with Crippen LogP contribution in [0.15, 0.2) is 42.5 Å². The Morgan fingerprint density at radius 3 is 2.52 bits per heavy atom. The summed E-state index contributed by atoms with van der Waals surface area (Å²) in [6, 6.07) is 14.4. The van der Waals surface area contributed by atoms with Crippen molar-refractivity contribution in [3.63, 3.8) is 0 Å². The van der Waals surface area contributed by atoms with Gasteiger partial charge in [-0.05, 0) is 43.7 Å². The molecule has 1 unspecified atom stereocenters. The first-order valence-electron chi connectivity index (χ1n) is 7.49. The van der Waals surface area contributed by atoms with E-state index in [1.54, 1.807) is 0 Å². The fourth-order valence-corrected chi connectivity index (χ4v) is 2.61. The summed E-state index contributed by atoms with van der Waals surface area (Å²) in [5.74, 6) is 0.0183. The van der Waals surface area contributed by atoms with E-state index in [0.717, 1.165) is 12.1 Å². The molecule has 0 aliphatic carbocycles. The molecular weight excluding hydrogens is 260 g/mol. The Bertz CT molecular complexity index is 629. The number of amides is 1. The molecule has 0 aliphatic heterocycles. The zero-order valence-electron chi connectivity index (χ0n) is 13.2. The molecule has 0 saturated carbocycles. The highest BCUT2D eigenvalue weighted by Gasteiger charge is 2.27. The second-order valence-electron chi connectivity index (χ2n) is 5.92. The Morgan fingerprint density at radius 2 is 1.81 bits per heavy atom. The van der Waals surface area contributed by atoms with Gasteiger partial charge in [-0.15, -0.1) is 0 Å². The van der Waals surface area contributed by atoms with Crippen molar-refractivity contribution in [2.45, 2.75) is 39.3 Å². The Hall–Kier alpha value is -1.87. The van der Waals surface area contributed by atoms with Gasteiger partial charge in [0.05, 0.1) is 11.6 Å².